The topological polar surface area (TPSA) is 58.6 Å². The molecule has 0 bridgehead atoms. The summed E-state index contributed by atoms with van der Waals surface area (Å²) in [5.41, 5.74) is 0.732. The maximum absolute atomic E-state index is 12.6. The lowest BCUT2D eigenvalue weighted by Gasteiger charge is -2.20. The van der Waals surface area contributed by atoms with E-state index in [4.69, 9.17) is 16.3 Å². The van der Waals surface area contributed by atoms with E-state index in [1.54, 1.807) is 13.1 Å². The van der Waals surface area contributed by atoms with E-state index in [1.165, 1.54) is 17.5 Å². The fourth-order valence-electron chi connectivity index (χ4n) is 2.04. The second-order valence-corrected chi connectivity index (χ2v) is 7.15. The molecular weight excluding hydrogens is 312 g/mol. The lowest BCUT2D eigenvalue weighted by atomic mass is 10.2. The predicted molar refractivity (Wildman–Crippen MR) is 85.5 cm³/mol. The monoisotopic (exact) mass is 334 g/mol. The standard InChI is InChI=1S/C14H23ClN2O3S/c1-5-7-17(3)21(18,19)13-9-12(15)8-11(10-16-6-2)14(13)20-4/h8-9,16H,5-7,10H2,1-4H3. The van der Waals surface area contributed by atoms with Gasteiger partial charge in [-0.25, -0.2) is 12.7 Å². The normalized spacial score (nSPS) is 11.9. The Labute approximate surface area is 132 Å². The number of methoxy groups -OCH3 is 1. The number of nitrogens with zero attached hydrogens (tertiary/aromatic N) is 1. The van der Waals surface area contributed by atoms with Crippen molar-refractivity contribution in [3.63, 3.8) is 0 Å². The second kappa shape index (κ2) is 7.98. The minimum atomic E-state index is -3.62. The van der Waals surface area contributed by atoms with Gasteiger partial charge in [-0.3, -0.25) is 0 Å². The van der Waals surface area contributed by atoms with Crippen molar-refractivity contribution in [2.24, 2.45) is 0 Å². The molecule has 1 aromatic rings. The Balaban J connectivity index is 3.37. The Morgan fingerprint density at radius 3 is 2.52 bits per heavy atom. The van der Waals surface area contributed by atoms with E-state index in [2.05, 4.69) is 5.32 Å². The first-order valence-corrected chi connectivity index (χ1v) is 8.73. The number of sulfonamides is 1. The highest BCUT2D eigenvalue weighted by Crippen LogP contribution is 2.33. The number of ether oxygens (including phenoxy) is 1. The molecule has 0 atom stereocenters. The molecule has 0 radical (unpaired) electrons. The van der Waals surface area contributed by atoms with Crippen LogP contribution >= 0.6 is 11.6 Å². The summed E-state index contributed by atoms with van der Waals surface area (Å²) in [6, 6.07) is 3.17. The number of nitrogens with one attached hydrogen (secondary N) is 1. The third-order valence-corrected chi connectivity index (χ3v) is 5.17. The fraction of sp³-hybridized carbons (Fsp3) is 0.571. The van der Waals surface area contributed by atoms with Gasteiger partial charge in [-0.15, -0.1) is 0 Å². The van der Waals surface area contributed by atoms with Crippen molar-refractivity contribution in [2.45, 2.75) is 31.7 Å². The summed E-state index contributed by atoms with van der Waals surface area (Å²) in [4.78, 5) is 0.112. The van der Waals surface area contributed by atoms with Crippen LogP contribution in [0.4, 0.5) is 0 Å². The van der Waals surface area contributed by atoms with E-state index in [1.807, 2.05) is 13.8 Å². The molecule has 0 heterocycles. The van der Waals surface area contributed by atoms with Crippen molar-refractivity contribution in [3.8, 4) is 5.75 Å². The molecule has 0 fully saturated rings. The summed E-state index contributed by atoms with van der Waals surface area (Å²) in [5.74, 6) is 0.350. The molecule has 0 aliphatic carbocycles. The SMILES string of the molecule is CCCN(C)S(=O)(=O)c1cc(Cl)cc(CNCC)c1OC. The quantitative estimate of drug-likeness (QED) is 0.793. The van der Waals surface area contributed by atoms with E-state index < -0.39 is 10.0 Å². The van der Waals surface area contributed by atoms with Gasteiger partial charge in [0.15, 0.2) is 0 Å². The van der Waals surface area contributed by atoms with E-state index in [-0.39, 0.29) is 4.90 Å². The Bertz CT molecular complexity index is 576. The molecule has 0 aliphatic heterocycles. The van der Waals surface area contributed by atoms with Crippen LogP contribution in [0.5, 0.6) is 5.75 Å². The Kier molecular flexibility index (Phi) is 6.93. The summed E-state index contributed by atoms with van der Waals surface area (Å²) in [6.45, 7) is 5.62. The number of halogens is 1. The van der Waals surface area contributed by atoms with Crippen molar-refractivity contribution < 1.29 is 13.2 Å². The van der Waals surface area contributed by atoms with Gasteiger partial charge >= 0.3 is 0 Å². The van der Waals surface area contributed by atoms with Crippen LogP contribution in [0.15, 0.2) is 17.0 Å². The predicted octanol–water partition coefficient (Wildman–Crippen LogP) is 2.49. The van der Waals surface area contributed by atoms with Gasteiger partial charge in [0, 0.05) is 30.7 Å². The number of hydrogen-bond acceptors (Lipinski definition) is 4. The summed E-state index contributed by atoms with van der Waals surface area (Å²) < 4.78 is 32.0. The number of rotatable bonds is 8. The smallest absolute Gasteiger partial charge is 0.246 e. The minimum absolute atomic E-state index is 0.112. The number of hydrogen-bond donors (Lipinski definition) is 1. The Hall–Kier alpha value is -0.820. The van der Waals surface area contributed by atoms with Crippen LogP contribution in [0, 0.1) is 0 Å². The molecule has 1 rings (SSSR count). The molecule has 21 heavy (non-hydrogen) atoms. The molecule has 1 aromatic carbocycles. The molecule has 0 unspecified atom stereocenters. The van der Waals surface area contributed by atoms with Crippen LogP contribution in [0.3, 0.4) is 0 Å². The highest BCUT2D eigenvalue weighted by atomic mass is 35.5. The summed E-state index contributed by atoms with van der Waals surface area (Å²) in [6.07, 6.45) is 0.739. The molecule has 0 aromatic heterocycles. The third-order valence-electron chi connectivity index (χ3n) is 3.09. The maximum Gasteiger partial charge on any atom is 0.246 e. The average Bonchev–Trinajstić information content (AvgIpc) is 2.44. The molecule has 0 saturated carbocycles. The van der Waals surface area contributed by atoms with Crippen LogP contribution in [-0.4, -0.2) is 40.0 Å². The summed E-state index contributed by atoms with van der Waals surface area (Å²) >= 11 is 6.08. The van der Waals surface area contributed by atoms with Crippen LogP contribution in [0.2, 0.25) is 5.02 Å². The van der Waals surface area contributed by atoms with Gasteiger partial charge in [0.2, 0.25) is 10.0 Å². The maximum atomic E-state index is 12.6. The fourth-order valence-corrected chi connectivity index (χ4v) is 3.83. The third kappa shape index (κ3) is 4.32. The lowest BCUT2D eigenvalue weighted by Crippen LogP contribution is -2.28. The zero-order chi connectivity index (χ0) is 16.0. The molecule has 120 valence electrons. The zero-order valence-corrected chi connectivity index (χ0v) is 14.5. The lowest BCUT2D eigenvalue weighted by molar-refractivity contribution is 0.391. The van der Waals surface area contributed by atoms with E-state index >= 15 is 0 Å². The number of benzene rings is 1. The van der Waals surface area contributed by atoms with Crippen LogP contribution < -0.4 is 10.1 Å². The Morgan fingerprint density at radius 2 is 2.00 bits per heavy atom. The van der Waals surface area contributed by atoms with Gasteiger partial charge in [0.1, 0.15) is 10.6 Å². The van der Waals surface area contributed by atoms with Gasteiger partial charge < -0.3 is 10.1 Å². The van der Waals surface area contributed by atoms with Gasteiger partial charge in [-0.1, -0.05) is 25.4 Å². The molecule has 0 spiro atoms. The molecule has 0 saturated heterocycles. The molecule has 5 nitrogen and oxygen atoms in total. The van der Waals surface area contributed by atoms with Gasteiger partial charge in [0.05, 0.1) is 7.11 Å². The van der Waals surface area contributed by atoms with E-state index in [9.17, 15) is 8.42 Å². The van der Waals surface area contributed by atoms with Gasteiger partial charge in [0.25, 0.3) is 0 Å². The van der Waals surface area contributed by atoms with E-state index in [0.717, 1.165) is 18.5 Å². The summed E-state index contributed by atoms with van der Waals surface area (Å²) in [7, 11) is -0.589. The van der Waals surface area contributed by atoms with Crippen molar-refractivity contribution in [1.29, 1.82) is 0 Å². The van der Waals surface area contributed by atoms with Crippen LogP contribution in [0.25, 0.3) is 0 Å². The minimum Gasteiger partial charge on any atom is -0.495 e. The van der Waals surface area contributed by atoms with Crippen molar-refractivity contribution >= 4 is 21.6 Å². The Morgan fingerprint density at radius 1 is 1.33 bits per heavy atom. The van der Waals surface area contributed by atoms with Gasteiger partial charge in [-0.05, 0) is 25.1 Å². The highest BCUT2D eigenvalue weighted by molar-refractivity contribution is 7.89. The molecule has 0 aliphatic rings. The molecule has 7 heteroatoms. The first-order chi connectivity index (χ1) is 9.88. The average molecular weight is 335 g/mol. The molecule has 1 N–H and O–H groups in total. The first-order valence-electron chi connectivity index (χ1n) is 6.91. The molecule has 0 amide bonds. The van der Waals surface area contributed by atoms with Crippen molar-refractivity contribution in [1.82, 2.24) is 9.62 Å². The zero-order valence-electron chi connectivity index (χ0n) is 12.9. The first kappa shape index (κ1) is 18.2. The van der Waals surface area contributed by atoms with Gasteiger partial charge in [-0.2, -0.15) is 0 Å². The molecular formula is C14H23ClN2O3S. The summed E-state index contributed by atoms with van der Waals surface area (Å²) in [5, 5.41) is 3.53. The highest BCUT2D eigenvalue weighted by Gasteiger charge is 2.26. The largest absolute Gasteiger partial charge is 0.495 e. The van der Waals surface area contributed by atoms with Crippen molar-refractivity contribution in [3.05, 3.63) is 22.7 Å². The van der Waals surface area contributed by atoms with E-state index in [0.29, 0.717) is 23.9 Å². The van der Waals surface area contributed by atoms with Crippen molar-refractivity contribution in [2.75, 3.05) is 27.2 Å². The van der Waals surface area contributed by atoms with Crippen LogP contribution in [-0.2, 0) is 16.6 Å². The second-order valence-electron chi connectivity index (χ2n) is 4.70. The van der Waals surface area contributed by atoms with Crippen LogP contribution in [0.1, 0.15) is 25.8 Å².